The molecule has 0 saturated heterocycles. The van der Waals surface area contributed by atoms with Gasteiger partial charge in [-0.15, -0.1) is 0 Å². The highest BCUT2D eigenvalue weighted by molar-refractivity contribution is 7.99. The smallest absolute Gasteiger partial charge is 0.262 e. The number of amides is 1. The second-order valence-corrected chi connectivity index (χ2v) is 7.87. The molecule has 2 aromatic heterocycles. The number of aromatic nitrogens is 4. The molecule has 9 nitrogen and oxygen atoms in total. The third-order valence-electron chi connectivity index (χ3n) is 4.72. The van der Waals surface area contributed by atoms with Crippen LogP contribution >= 0.6 is 11.8 Å². The standard InChI is InChI=1S/C22H21N5O4S/c1-13-4-6-14(7-5-13)27-20-16(11-23-27)21(29)26-22(25-20)32-12-19(28)24-17-9-8-15(30-2)10-18(17)31-3/h4-11H,12H2,1-3H3,(H,24,28)(H,25,26,29). The first kappa shape index (κ1) is 21.4. The van der Waals surface area contributed by atoms with E-state index in [2.05, 4.69) is 20.4 Å². The topological polar surface area (TPSA) is 111 Å². The van der Waals surface area contributed by atoms with E-state index in [0.29, 0.717) is 33.4 Å². The number of fused-ring (bicyclic) bond motifs is 1. The van der Waals surface area contributed by atoms with Gasteiger partial charge < -0.3 is 19.8 Å². The molecule has 164 valence electrons. The molecule has 0 fully saturated rings. The number of ether oxygens (including phenoxy) is 2. The summed E-state index contributed by atoms with van der Waals surface area (Å²) in [7, 11) is 3.07. The number of aryl methyl sites for hydroxylation is 1. The van der Waals surface area contributed by atoms with Gasteiger partial charge in [-0.05, 0) is 31.2 Å². The molecule has 0 aliphatic carbocycles. The van der Waals surface area contributed by atoms with Crippen LogP contribution in [-0.2, 0) is 4.79 Å². The van der Waals surface area contributed by atoms with Crippen molar-refractivity contribution in [3.8, 4) is 17.2 Å². The summed E-state index contributed by atoms with van der Waals surface area (Å²) in [6, 6.07) is 12.9. The average molecular weight is 452 g/mol. The van der Waals surface area contributed by atoms with E-state index in [1.54, 1.807) is 30.0 Å². The molecule has 4 rings (SSSR count). The van der Waals surface area contributed by atoms with Crippen molar-refractivity contribution in [2.75, 3.05) is 25.3 Å². The normalized spacial score (nSPS) is 10.8. The number of hydrogen-bond donors (Lipinski definition) is 2. The number of nitrogens with one attached hydrogen (secondary N) is 2. The molecule has 0 aliphatic rings. The lowest BCUT2D eigenvalue weighted by Crippen LogP contribution is -2.16. The second-order valence-electron chi connectivity index (χ2n) is 6.90. The first-order valence-corrected chi connectivity index (χ1v) is 10.7. The summed E-state index contributed by atoms with van der Waals surface area (Å²) >= 11 is 1.12. The van der Waals surface area contributed by atoms with E-state index in [9.17, 15) is 9.59 Å². The Labute approximate surface area is 187 Å². The average Bonchev–Trinajstić information content (AvgIpc) is 3.23. The molecule has 0 aliphatic heterocycles. The summed E-state index contributed by atoms with van der Waals surface area (Å²) in [5, 5.41) is 7.80. The van der Waals surface area contributed by atoms with Crippen molar-refractivity contribution >= 4 is 34.4 Å². The molecule has 0 bridgehead atoms. The first-order valence-electron chi connectivity index (χ1n) is 9.68. The zero-order chi connectivity index (χ0) is 22.7. The maximum atomic E-state index is 12.5. The Morgan fingerprint density at radius 1 is 1.16 bits per heavy atom. The van der Waals surface area contributed by atoms with Crippen molar-refractivity contribution < 1.29 is 14.3 Å². The van der Waals surface area contributed by atoms with Gasteiger partial charge in [0.1, 0.15) is 16.9 Å². The maximum absolute atomic E-state index is 12.5. The summed E-state index contributed by atoms with van der Waals surface area (Å²) in [6.45, 7) is 2.00. The van der Waals surface area contributed by atoms with Gasteiger partial charge in [0, 0.05) is 6.07 Å². The summed E-state index contributed by atoms with van der Waals surface area (Å²) in [6.07, 6.45) is 1.48. The monoisotopic (exact) mass is 451 g/mol. The van der Waals surface area contributed by atoms with Crippen LogP contribution in [0.4, 0.5) is 5.69 Å². The summed E-state index contributed by atoms with van der Waals surface area (Å²) in [5.41, 5.74) is 2.55. The van der Waals surface area contributed by atoms with Crippen LogP contribution in [-0.4, -0.2) is 45.6 Å². The van der Waals surface area contributed by atoms with Gasteiger partial charge in [-0.2, -0.15) is 5.10 Å². The quantitative estimate of drug-likeness (QED) is 0.328. The van der Waals surface area contributed by atoms with Gasteiger partial charge in [-0.3, -0.25) is 9.59 Å². The molecule has 4 aromatic rings. The number of carbonyl (C=O) groups is 1. The molecule has 2 N–H and O–H groups in total. The molecule has 0 atom stereocenters. The predicted octanol–water partition coefficient (Wildman–Crippen LogP) is 3.17. The van der Waals surface area contributed by atoms with Crippen LogP contribution in [0.3, 0.4) is 0 Å². The highest BCUT2D eigenvalue weighted by Crippen LogP contribution is 2.29. The maximum Gasteiger partial charge on any atom is 0.262 e. The van der Waals surface area contributed by atoms with Crippen molar-refractivity contribution in [3.05, 3.63) is 64.6 Å². The third kappa shape index (κ3) is 4.45. The number of nitrogens with zero attached hydrogens (tertiary/aromatic N) is 3. The van der Waals surface area contributed by atoms with E-state index in [4.69, 9.17) is 9.47 Å². The van der Waals surface area contributed by atoms with Crippen LogP contribution in [0, 0.1) is 6.92 Å². The molecule has 0 unspecified atom stereocenters. The molecule has 10 heteroatoms. The van der Waals surface area contributed by atoms with Gasteiger partial charge in [-0.1, -0.05) is 29.5 Å². The Balaban J connectivity index is 1.52. The molecule has 0 saturated carbocycles. The van der Waals surface area contributed by atoms with Crippen LogP contribution < -0.4 is 20.3 Å². The number of thioether (sulfide) groups is 1. The lowest BCUT2D eigenvalue weighted by molar-refractivity contribution is -0.113. The number of aromatic amines is 1. The van der Waals surface area contributed by atoms with Crippen molar-refractivity contribution in [1.29, 1.82) is 0 Å². The fourth-order valence-corrected chi connectivity index (χ4v) is 3.72. The highest BCUT2D eigenvalue weighted by Gasteiger charge is 2.14. The van der Waals surface area contributed by atoms with Gasteiger partial charge >= 0.3 is 0 Å². The lowest BCUT2D eigenvalue weighted by atomic mass is 10.2. The van der Waals surface area contributed by atoms with Crippen LogP contribution in [0.1, 0.15) is 5.56 Å². The van der Waals surface area contributed by atoms with Gasteiger partial charge in [-0.25, -0.2) is 9.67 Å². The Hall–Kier alpha value is -3.79. The van der Waals surface area contributed by atoms with Gasteiger partial charge in [0.05, 0.1) is 37.5 Å². The Kier molecular flexibility index (Phi) is 6.13. The Morgan fingerprint density at radius 3 is 2.66 bits per heavy atom. The van der Waals surface area contributed by atoms with Crippen molar-refractivity contribution in [1.82, 2.24) is 19.7 Å². The summed E-state index contributed by atoms with van der Waals surface area (Å²) < 4.78 is 12.1. The number of anilines is 1. The van der Waals surface area contributed by atoms with Crippen molar-refractivity contribution in [2.24, 2.45) is 0 Å². The van der Waals surface area contributed by atoms with Crippen LogP contribution in [0.2, 0.25) is 0 Å². The summed E-state index contributed by atoms with van der Waals surface area (Å²) in [5.74, 6) is 0.878. The van der Waals surface area contributed by atoms with E-state index in [-0.39, 0.29) is 17.2 Å². The number of carbonyl (C=O) groups excluding carboxylic acids is 1. The molecule has 1 amide bonds. The van der Waals surface area contributed by atoms with Gasteiger partial charge in [0.25, 0.3) is 5.56 Å². The third-order valence-corrected chi connectivity index (χ3v) is 5.59. The Morgan fingerprint density at radius 2 is 1.94 bits per heavy atom. The molecule has 0 radical (unpaired) electrons. The number of hydrogen-bond acceptors (Lipinski definition) is 7. The second kappa shape index (κ2) is 9.15. The molecule has 2 aromatic carbocycles. The van der Waals surface area contributed by atoms with Crippen LogP contribution in [0.25, 0.3) is 16.7 Å². The van der Waals surface area contributed by atoms with Crippen molar-refractivity contribution in [3.63, 3.8) is 0 Å². The lowest BCUT2D eigenvalue weighted by Gasteiger charge is -2.11. The highest BCUT2D eigenvalue weighted by atomic mass is 32.2. The van der Waals surface area contributed by atoms with Crippen molar-refractivity contribution in [2.45, 2.75) is 12.1 Å². The van der Waals surface area contributed by atoms with Crippen LogP contribution in [0.5, 0.6) is 11.5 Å². The van der Waals surface area contributed by atoms with E-state index >= 15 is 0 Å². The summed E-state index contributed by atoms with van der Waals surface area (Å²) in [4.78, 5) is 32.2. The first-order chi connectivity index (χ1) is 15.5. The molecular weight excluding hydrogens is 430 g/mol. The number of benzene rings is 2. The minimum atomic E-state index is -0.312. The van der Waals surface area contributed by atoms with Crippen LogP contribution in [0.15, 0.2) is 58.6 Å². The molecule has 32 heavy (non-hydrogen) atoms. The zero-order valence-corrected chi connectivity index (χ0v) is 18.5. The van der Waals surface area contributed by atoms with E-state index in [1.807, 2.05) is 31.2 Å². The van der Waals surface area contributed by atoms with E-state index in [1.165, 1.54) is 13.3 Å². The zero-order valence-electron chi connectivity index (χ0n) is 17.7. The van der Waals surface area contributed by atoms with E-state index < -0.39 is 0 Å². The SMILES string of the molecule is COc1ccc(NC(=O)CSc2nc3c(cnn3-c3ccc(C)cc3)c(=O)[nH]2)c(OC)c1. The molecule has 0 spiro atoms. The predicted molar refractivity (Wildman–Crippen MR) is 123 cm³/mol. The largest absolute Gasteiger partial charge is 0.497 e. The molecular formula is C22H21N5O4S. The Bertz CT molecular complexity index is 1330. The number of rotatable bonds is 7. The van der Waals surface area contributed by atoms with E-state index in [0.717, 1.165) is 23.0 Å². The minimum Gasteiger partial charge on any atom is -0.497 e. The number of methoxy groups -OCH3 is 2. The fraction of sp³-hybridized carbons (Fsp3) is 0.182. The number of H-pyrrole nitrogens is 1. The minimum absolute atomic E-state index is 0.0439. The molecule has 2 heterocycles. The van der Waals surface area contributed by atoms with Gasteiger partial charge in [0.15, 0.2) is 10.8 Å². The fourth-order valence-electron chi connectivity index (χ4n) is 3.06. The van der Waals surface area contributed by atoms with Gasteiger partial charge in [0.2, 0.25) is 5.91 Å².